The van der Waals surface area contributed by atoms with Gasteiger partial charge >= 0.3 is 5.97 Å². The number of methoxy groups -OCH3 is 1. The first-order chi connectivity index (χ1) is 14.7. The predicted octanol–water partition coefficient (Wildman–Crippen LogP) is 4.71. The lowest BCUT2D eigenvalue weighted by molar-refractivity contribution is -0.145. The number of hydrogen-bond acceptors (Lipinski definition) is 5. The van der Waals surface area contributed by atoms with Gasteiger partial charge in [0.1, 0.15) is 12.9 Å². The van der Waals surface area contributed by atoms with Gasteiger partial charge in [-0.15, -0.1) is 0 Å². The average molecular weight is 415 g/mol. The average Bonchev–Trinajstić information content (AvgIpc) is 2.79. The van der Waals surface area contributed by atoms with Crippen LogP contribution >= 0.6 is 0 Å². The van der Waals surface area contributed by atoms with Gasteiger partial charge in [-0.3, -0.25) is 4.79 Å². The Balaban J connectivity index is 0.000000414. The van der Waals surface area contributed by atoms with Crippen LogP contribution in [0.4, 0.5) is 0 Å². The molecule has 5 nitrogen and oxygen atoms in total. The molecule has 0 bridgehead atoms. The van der Waals surface area contributed by atoms with E-state index in [2.05, 4.69) is 0 Å². The predicted molar refractivity (Wildman–Crippen MR) is 118 cm³/mol. The summed E-state index contributed by atoms with van der Waals surface area (Å²) >= 11 is 0. The summed E-state index contributed by atoms with van der Waals surface area (Å²) in [6.45, 7) is 1.13. The molecule has 0 heterocycles. The van der Waals surface area contributed by atoms with Crippen LogP contribution in [0.25, 0.3) is 0 Å². The Bertz CT molecular complexity index is 672. The summed E-state index contributed by atoms with van der Waals surface area (Å²) in [7, 11) is 1.70. The van der Waals surface area contributed by atoms with Crippen molar-refractivity contribution < 1.29 is 24.2 Å². The van der Waals surface area contributed by atoms with E-state index in [0.717, 1.165) is 31.1 Å². The van der Waals surface area contributed by atoms with Crippen molar-refractivity contribution in [1.82, 2.24) is 0 Å². The smallest absolute Gasteiger partial charge is 0.306 e. The molecule has 30 heavy (non-hydrogen) atoms. The summed E-state index contributed by atoms with van der Waals surface area (Å²) in [6.07, 6.45) is 4.93. The van der Waals surface area contributed by atoms with Crippen LogP contribution in [0.5, 0.6) is 0 Å². The van der Waals surface area contributed by atoms with Crippen molar-refractivity contribution in [3.63, 3.8) is 0 Å². The molecule has 2 aromatic carbocycles. The van der Waals surface area contributed by atoms with Crippen molar-refractivity contribution in [2.45, 2.75) is 51.7 Å². The first-order valence-electron chi connectivity index (χ1n) is 10.5. The van der Waals surface area contributed by atoms with Crippen molar-refractivity contribution in [1.29, 1.82) is 0 Å². The first kappa shape index (κ1) is 25.5. The number of aliphatic hydroxyl groups is 1. The molecular weight excluding hydrogens is 380 g/mol. The number of aliphatic hydroxyl groups excluding tert-OH is 1. The molecule has 5 heteroatoms. The van der Waals surface area contributed by atoms with Gasteiger partial charge in [-0.05, 0) is 42.7 Å². The number of carbonyl (C=O) groups is 2. The summed E-state index contributed by atoms with van der Waals surface area (Å²) in [6, 6.07) is 19.7. The first-order valence-corrected chi connectivity index (χ1v) is 10.5. The molecule has 0 aliphatic rings. The molecule has 0 aromatic heterocycles. The molecule has 0 aliphatic carbocycles. The lowest BCUT2D eigenvalue weighted by atomic mass is 9.97. The summed E-state index contributed by atoms with van der Waals surface area (Å²) in [5, 5.41) is 9.24. The van der Waals surface area contributed by atoms with E-state index in [1.165, 1.54) is 5.56 Å². The molecule has 0 radical (unpaired) electrons. The van der Waals surface area contributed by atoms with Crippen molar-refractivity contribution in [2.75, 3.05) is 13.7 Å². The van der Waals surface area contributed by atoms with E-state index < -0.39 is 0 Å². The number of carbonyl (C=O) groups excluding carboxylic acids is 2. The molecule has 1 N–H and O–H groups in total. The highest BCUT2D eigenvalue weighted by molar-refractivity contribution is 5.69. The Morgan fingerprint density at radius 3 is 2.03 bits per heavy atom. The number of unbranched alkanes of at least 4 members (excludes halogenated alkanes) is 1. The fourth-order valence-corrected chi connectivity index (χ4v) is 2.90. The van der Waals surface area contributed by atoms with Crippen molar-refractivity contribution in [3.05, 3.63) is 71.8 Å². The maximum atomic E-state index is 11.6. The topological polar surface area (TPSA) is 72.8 Å². The third-order valence-corrected chi connectivity index (χ3v) is 4.58. The standard InChI is InChI=1S/C17H24O4.C8H10O/c18-12-5-4-7-15(13-19)10-6-11-17(20)21-14-16-8-2-1-3-9-16;1-9-7-8-5-3-2-4-6-8/h1-3,8-9,12,15,19H,4-7,10-11,13-14H2;2-6H,7H2,1H3. The van der Waals surface area contributed by atoms with Crippen LogP contribution in [0, 0.1) is 5.92 Å². The van der Waals surface area contributed by atoms with Gasteiger partial charge in [0, 0.05) is 26.6 Å². The quantitative estimate of drug-likeness (QED) is 0.292. The largest absolute Gasteiger partial charge is 0.461 e. The van der Waals surface area contributed by atoms with Crippen LogP contribution in [0.1, 0.15) is 49.7 Å². The van der Waals surface area contributed by atoms with Gasteiger partial charge in [0.25, 0.3) is 0 Å². The zero-order chi connectivity index (χ0) is 21.9. The molecular formula is C25H34O5. The molecule has 0 aliphatic heterocycles. The summed E-state index contributed by atoms with van der Waals surface area (Å²) < 4.78 is 10.1. The van der Waals surface area contributed by atoms with Crippen LogP contribution < -0.4 is 0 Å². The zero-order valence-electron chi connectivity index (χ0n) is 17.9. The number of benzene rings is 2. The van der Waals surface area contributed by atoms with E-state index in [9.17, 15) is 14.7 Å². The Kier molecular flexibility index (Phi) is 14.8. The molecule has 1 atom stereocenters. The zero-order valence-corrected chi connectivity index (χ0v) is 17.9. The minimum Gasteiger partial charge on any atom is -0.461 e. The minimum atomic E-state index is -0.205. The molecule has 1 unspecified atom stereocenters. The van der Waals surface area contributed by atoms with Crippen molar-refractivity contribution >= 4 is 12.3 Å². The van der Waals surface area contributed by atoms with Gasteiger partial charge < -0.3 is 19.4 Å². The van der Waals surface area contributed by atoms with E-state index in [1.807, 2.05) is 60.7 Å². The third-order valence-electron chi connectivity index (χ3n) is 4.58. The van der Waals surface area contributed by atoms with E-state index >= 15 is 0 Å². The SMILES string of the molecule is COCc1ccccc1.O=CCCCC(CO)CCCC(=O)OCc1ccccc1. The second kappa shape index (κ2) is 17.4. The van der Waals surface area contributed by atoms with Crippen molar-refractivity contribution in [3.8, 4) is 0 Å². The fourth-order valence-electron chi connectivity index (χ4n) is 2.90. The van der Waals surface area contributed by atoms with E-state index in [1.54, 1.807) is 7.11 Å². The molecule has 0 saturated carbocycles. The number of rotatable bonds is 13. The Labute approximate surface area is 180 Å². The van der Waals surface area contributed by atoms with Crippen molar-refractivity contribution in [2.24, 2.45) is 5.92 Å². The van der Waals surface area contributed by atoms with E-state index in [-0.39, 0.29) is 18.5 Å². The number of aldehydes is 1. The van der Waals surface area contributed by atoms with Crippen LogP contribution in [0.3, 0.4) is 0 Å². The highest BCUT2D eigenvalue weighted by Gasteiger charge is 2.09. The van der Waals surface area contributed by atoms with Gasteiger partial charge in [-0.25, -0.2) is 0 Å². The second-order valence-corrected chi connectivity index (χ2v) is 7.10. The molecule has 2 aromatic rings. The van der Waals surface area contributed by atoms with E-state index in [0.29, 0.717) is 32.5 Å². The Morgan fingerprint density at radius 2 is 1.50 bits per heavy atom. The molecule has 0 spiro atoms. The maximum Gasteiger partial charge on any atom is 0.306 e. The van der Waals surface area contributed by atoms with Gasteiger partial charge in [-0.2, -0.15) is 0 Å². The number of esters is 1. The van der Waals surface area contributed by atoms with Crippen LogP contribution in [-0.4, -0.2) is 31.1 Å². The normalized spacial score (nSPS) is 11.1. The maximum absolute atomic E-state index is 11.6. The van der Waals surface area contributed by atoms with E-state index in [4.69, 9.17) is 9.47 Å². The third kappa shape index (κ3) is 12.9. The van der Waals surface area contributed by atoms with Gasteiger partial charge in [0.15, 0.2) is 0 Å². The summed E-state index contributed by atoms with van der Waals surface area (Å²) in [5.74, 6) is -0.0321. The molecule has 164 valence electrons. The summed E-state index contributed by atoms with van der Waals surface area (Å²) in [4.78, 5) is 21.9. The highest BCUT2D eigenvalue weighted by atomic mass is 16.5. The Hall–Kier alpha value is -2.50. The highest BCUT2D eigenvalue weighted by Crippen LogP contribution is 2.15. The minimum absolute atomic E-state index is 0.109. The van der Waals surface area contributed by atoms with Gasteiger partial charge in [0.2, 0.25) is 0 Å². The molecule has 0 saturated heterocycles. The second-order valence-electron chi connectivity index (χ2n) is 7.10. The molecule has 2 rings (SSSR count). The summed E-state index contributed by atoms with van der Waals surface area (Å²) in [5.41, 5.74) is 2.20. The van der Waals surface area contributed by atoms with Crippen LogP contribution in [0.2, 0.25) is 0 Å². The Morgan fingerprint density at radius 1 is 0.933 bits per heavy atom. The number of ether oxygens (including phenoxy) is 2. The lowest BCUT2D eigenvalue weighted by Crippen LogP contribution is -2.09. The fraction of sp³-hybridized carbons (Fsp3) is 0.440. The number of hydrogen-bond donors (Lipinski definition) is 1. The molecule has 0 amide bonds. The lowest BCUT2D eigenvalue weighted by Gasteiger charge is -2.12. The van der Waals surface area contributed by atoms with Gasteiger partial charge in [-0.1, -0.05) is 60.7 Å². The van der Waals surface area contributed by atoms with Crippen LogP contribution in [0.15, 0.2) is 60.7 Å². The van der Waals surface area contributed by atoms with Gasteiger partial charge in [0.05, 0.1) is 6.61 Å². The molecule has 0 fully saturated rings. The monoisotopic (exact) mass is 414 g/mol. The van der Waals surface area contributed by atoms with Crippen LogP contribution in [-0.2, 0) is 32.3 Å².